The summed E-state index contributed by atoms with van der Waals surface area (Å²) in [6, 6.07) is 1.65. The lowest BCUT2D eigenvalue weighted by Gasteiger charge is -2.15. The van der Waals surface area contributed by atoms with Gasteiger partial charge in [0, 0.05) is 19.5 Å². The molecule has 92 valence electrons. The second-order valence-electron chi connectivity index (χ2n) is 3.59. The lowest BCUT2D eigenvalue weighted by atomic mass is 10.3. The first kappa shape index (κ1) is 14.0. The maximum atomic E-state index is 12.1. The Morgan fingerprint density at radius 2 is 2.19 bits per heavy atom. The number of alkyl halides is 1. The van der Waals surface area contributed by atoms with Gasteiger partial charge < -0.3 is 0 Å². The molecule has 1 rings (SSSR count). The molecule has 0 bridgehead atoms. The summed E-state index contributed by atoms with van der Waals surface area (Å²) >= 11 is 6.88. The van der Waals surface area contributed by atoms with E-state index in [1.54, 1.807) is 18.5 Å². The molecular formula is C10H16ClNO2S2. The Morgan fingerprint density at radius 1 is 1.50 bits per heavy atom. The van der Waals surface area contributed by atoms with E-state index in [0.717, 1.165) is 18.4 Å². The summed E-state index contributed by atoms with van der Waals surface area (Å²) in [5.41, 5.74) is 0.856. The Hall–Kier alpha value is -0.100. The molecule has 3 nitrogen and oxygen atoms in total. The molecule has 6 heteroatoms. The number of hydrogen-bond donors (Lipinski definition) is 0. The van der Waals surface area contributed by atoms with Gasteiger partial charge in [0.1, 0.15) is 4.21 Å². The SMILES string of the molecule is CCCCN(C)S(=O)(=O)c1cc(CCl)cs1. The van der Waals surface area contributed by atoms with Gasteiger partial charge in [0.2, 0.25) is 0 Å². The van der Waals surface area contributed by atoms with Crippen molar-refractivity contribution in [1.29, 1.82) is 0 Å². The van der Waals surface area contributed by atoms with E-state index in [4.69, 9.17) is 11.6 Å². The van der Waals surface area contributed by atoms with Crippen molar-refractivity contribution in [2.45, 2.75) is 29.9 Å². The Morgan fingerprint density at radius 3 is 2.69 bits per heavy atom. The number of nitrogens with zero attached hydrogens (tertiary/aromatic N) is 1. The molecule has 0 N–H and O–H groups in total. The van der Waals surface area contributed by atoms with Gasteiger partial charge in [0.15, 0.2) is 0 Å². The van der Waals surface area contributed by atoms with Crippen molar-refractivity contribution in [2.24, 2.45) is 0 Å². The topological polar surface area (TPSA) is 37.4 Å². The summed E-state index contributed by atoms with van der Waals surface area (Å²) < 4.78 is 25.9. The predicted octanol–water partition coefficient (Wildman–Crippen LogP) is 2.91. The summed E-state index contributed by atoms with van der Waals surface area (Å²) in [5.74, 6) is 0.352. The summed E-state index contributed by atoms with van der Waals surface area (Å²) in [6.07, 6.45) is 1.86. The highest BCUT2D eigenvalue weighted by atomic mass is 35.5. The zero-order valence-corrected chi connectivity index (χ0v) is 11.8. The van der Waals surface area contributed by atoms with Gasteiger partial charge in [-0.1, -0.05) is 13.3 Å². The Labute approximate surface area is 106 Å². The number of sulfonamides is 1. The van der Waals surface area contributed by atoms with E-state index in [2.05, 4.69) is 0 Å². The highest BCUT2D eigenvalue weighted by molar-refractivity contribution is 7.91. The van der Waals surface area contributed by atoms with Crippen LogP contribution in [0.15, 0.2) is 15.7 Å². The molecule has 0 aliphatic heterocycles. The minimum absolute atomic E-state index is 0.352. The Bertz CT molecular complexity index is 428. The van der Waals surface area contributed by atoms with E-state index in [-0.39, 0.29) is 0 Å². The van der Waals surface area contributed by atoms with Crippen LogP contribution in [0.3, 0.4) is 0 Å². The van der Waals surface area contributed by atoms with Crippen LogP contribution in [0.2, 0.25) is 0 Å². The second kappa shape index (κ2) is 6.00. The fraction of sp³-hybridized carbons (Fsp3) is 0.600. The standard InChI is InChI=1S/C10H16ClNO2S2/c1-3-4-5-12(2)16(13,14)10-6-9(7-11)8-15-10/h6,8H,3-5,7H2,1-2H3. The highest BCUT2D eigenvalue weighted by Crippen LogP contribution is 2.24. The van der Waals surface area contributed by atoms with E-state index in [1.165, 1.54) is 15.6 Å². The lowest BCUT2D eigenvalue weighted by molar-refractivity contribution is 0.461. The highest BCUT2D eigenvalue weighted by Gasteiger charge is 2.21. The van der Waals surface area contributed by atoms with Crippen LogP contribution in [0.25, 0.3) is 0 Å². The molecule has 0 saturated carbocycles. The predicted molar refractivity (Wildman–Crippen MR) is 68.6 cm³/mol. The van der Waals surface area contributed by atoms with Crippen molar-refractivity contribution in [1.82, 2.24) is 4.31 Å². The van der Waals surface area contributed by atoms with Crippen molar-refractivity contribution in [3.05, 3.63) is 17.0 Å². The Balaban J connectivity index is 2.84. The van der Waals surface area contributed by atoms with Gasteiger partial charge in [-0.3, -0.25) is 0 Å². The van der Waals surface area contributed by atoms with Crippen LogP contribution in [0.4, 0.5) is 0 Å². The molecule has 0 aliphatic rings. The van der Waals surface area contributed by atoms with Crippen LogP contribution in [0, 0.1) is 0 Å². The van der Waals surface area contributed by atoms with Crippen LogP contribution >= 0.6 is 22.9 Å². The van der Waals surface area contributed by atoms with Crippen molar-refractivity contribution in [3.63, 3.8) is 0 Å². The van der Waals surface area contributed by atoms with Crippen molar-refractivity contribution in [3.8, 4) is 0 Å². The average molecular weight is 282 g/mol. The fourth-order valence-corrected chi connectivity index (χ4v) is 4.09. The summed E-state index contributed by atoms with van der Waals surface area (Å²) in [6.45, 7) is 2.60. The van der Waals surface area contributed by atoms with E-state index in [1.807, 2.05) is 6.92 Å². The van der Waals surface area contributed by atoms with Crippen LogP contribution in [-0.4, -0.2) is 26.3 Å². The van der Waals surface area contributed by atoms with Gasteiger partial charge in [0.25, 0.3) is 10.0 Å². The third-order valence-electron chi connectivity index (χ3n) is 2.28. The van der Waals surface area contributed by atoms with E-state index in [9.17, 15) is 8.42 Å². The minimum atomic E-state index is -3.31. The summed E-state index contributed by atoms with van der Waals surface area (Å²) in [4.78, 5) is 0. The first-order valence-electron chi connectivity index (χ1n) is 5.12. The molecule has 1 heterocycles. The number of unbranched alkanes of at least 4 members (excludes halogenated alkanes) is 1. The third-order valence-corrected chi connectivity index (χ3v) is 5.90. The molecule has 1 aromatic heterocycles. The molecule has 1 aromatic rings. The molecule has 0 spiro atoms. The van der Waals surface area contributed by atoms with Gasteiger partial charge in [-0.25, -0.2) is 12.7 Å². The van der Waals surface area contributed by atoms with Gasteiger partial charge in [0.05, 0.1) is 0 Å². The number of hydrogen-bond acceptors (Lipinski definition) is 3. The maximum absolute atomic E-state index is 12.1. The first-order chi connectivity index (χ1) is 7.52. The Kier molecular flexibility index (Phi) is 5.24. The second-order valence-corrected chi connectivity index (χ2v) is 7.04. The molecule has 0 unspecified atom stereocenters. The number of halogens is 1. The molecule has 0 aliphatic carbocycles. The number of thiophene rings is 1. The molecule has 0 radical (unpaired) electrons. The van der Waals surface area contributed by atoms with Gasteiger partial charge in [-0.2, -0.15) is 0 Å². The van der Waals surface area contributed by atoms with Gasteiger partial charge in [-0.15, -0.1) is 22.9 Å². The van der Waals surface area contributed by atoms with Crippen LogP contribution in [0.1, 0.15) is 25.3 Å². The summed E-state index contributed by atoms with van der Waals surface area (Å²) in [7, 11) is -1.69. The average Bonchev–Trinajstić information content (AvgIpc) is 2.74. The van der Waals surface area contributed by atoms with Crippen LogP contribution < -0.4 is 0 Å². The lowest BCUT2D eigenvalue weighted by Crippen LogP contribution is -2.27. The maximum Gasteiger partial charge on any atom is 0.252 e. The largest absolute Gasteiger partial charge is 0.252 e. The quantitative estimate of drug-likeness (QED) is 0.752. The zero-order valence-electron chi connectivity index (χ0n) is 9.44. The van der Waals surface area contributed by atoms with E-state index < -0.39 is 10.0 Å². The van der Waals surface area contributed by atoms with Crippen LogP contribution in [0.5, 0.6) is 0 Å². The molecule has 0 fully saturated rings. The zero-order chi connectivity index (χ0) is 12.2. The molecule has 0 saturated heterocycles. The van der Waals surface area contributed by atoms with E-state index >= 15 is 0 Å². The molecule has 0 atom stereocenters. The molecule has 16 heavy (non-hydrogen) atoms. The first-order valence-corrected chi connectivity index (χ1v) is 7.97. The van der Waals surface area contributed by atoms with Crippen LogP contribution in [-0.2, 0) is 15.9 Å². The fourth-order valence-electron chi connectivity index (χ4n) is 1.21. The molecular weight excluding hydrogens is 266 g/mol. The van der Waals surface area contributed by atoms with Crippen molar-refractivity contribution < 1.29 is 8.42 Å². The monoisotopic (exact) mass is 281 g/mol. The molecule has 0 aromatic carbocycles. The number of rotatable bonds is 6. The third kappa shape index (κ3) is 3.20. The van der Waals surface area contributed by atoms with Gasteiger partial charge in [-0.05, 0) is 23.4 Å². The summed E-state index contributed by atoms with van der Waals surface area (Å²) in [5, 5.41) is 1.79. The van der Waals surface area contributed by atoms with Crippen molar-refractivity contribution >= 4 is 33.0 Å². The van der Waals surface area contributed by atoms with Gasteiger partial charge >= 0.3 is 0 Å². The minimum Gasteiger partial charge on any atom is -0.206 e. The normalized spacial score (nSPS) is 12.2. The smallest absolute Gasteiger partial charge is 0.206 e. The van der Waals surface area contributed by atoms with Crippen molar-refractivity contribution in [2.75, 3.05) is 13.6 Å². The molecule has 0 amide bonds. The van der Waals surface area contributed by atoms with E-state index in [0.29, 0.717) is 16.6 Å².